The van der Waals surface area contributed by atoms with E-state index in [4.69, 9.17) is 20.9 Å². The first kappa shape index (κ1) is 25.2. The topological polar surface area (TPSA) is 129 Å². The molecule has 0 spiro atoms. The summed E-state index contributed by atoms with van der Waals surface area (Å²) in [6.45, 7) is 7.93. The highest BCUT2D eigenvalue weighted by molar-refractivity contribution is 5.95. The average molecular weight is 475 g/mol. The molecule has 2 heterocycles. The van der Waals surface area contributed by atoms with Gasteiger partial charge in [0.1, 0.15) is 5.82 Å². The van der Waals surface area contributed by atoms with Crippen LogP contribution in [-0.4, -0.2) is 47.9 Å². The van der Waals surface area contributed by atoms with Crippen LogP contribution in [0.4, 0.5) is 11.8 Å². The van der Waals surface area contributed by atoms with Gasteiger partial charge in [-0.3, -0.25) is 4.79 Å². The lowest BCUT2D eigenvalue weighted by atomic mass is 10.0. The molecule has 0 atom stereocenters. The molecular formula is C26H30N6O3. The number of rotatable bonds is 8. The molecule has 0 fully saturated rings. The third-order valence-electron chi connectivity index (χ3n) is 5.49. The van der Waals surface area contributed by atoms with Gasteiger partial charge in [-0.2, -0.15) is 10.1 Å². The van der Waals surface area contributed by atoms with Crippen molar-refractivity contribution in [1.29, 1.82) is 0 Å². The highest BCUT2D eigenvalue weighted by Gasteiger charge is 2.18. The van der Waals surface area contributed by atoms with Gasteiger partial charge in [0, 0.05) is 29.3 Å². The van der Waals surface area contributed by atoms with Crippen molar-refractivity contribution in [3.05, 3.63) is 76.5 Å². The van der Waals surface area contributed by atoms with Crippen molar-refractivity contribution < 1.29 is 14.3 Å². The molecule has 1 amide bonds. The van der Waals surface area contributed by atoms with Crippen LogP contribution in [0.2, 0.25) is 0 Å². The van der Waals surface area contributed by atoms with Crippen LogP contribution in [0.15, 0.2) is 59.3 Å². The second-order valence-corrected chi connectivity index (χ2v) is 7.79. The largest absolute Gasteiger partial charge is 0.493 e. The summed E-state index contributed by atoms with van der Waals surface area (Å²) in [5.74, 6) is 1.20. The third kappa shape index (κ3) is 5.75. The summed E-state index contributed by atoms with van der Waals surface area (Å²) in [5.41, 5.74) is 16.6. The lowest BCUT2D eigenvalue weighted by Gasteiger charge is -2.21. The Morgan fingerprint density at radius 3 is 2.60 bits per heavy atom. The second-order valence-electron chi connectivity index (χ2n) is 7.79. The Labute approximate surface area is 205 Å². The molecule has 0 unspecified atom stereocenters. The van der Waals surface area contributed by atoms with Crippen molar-refractivity contribution >= 4 is 30.0 Å². The summed E-state index contributed by atoms with van der Waals surface area (Å²) in [6.07, 6.45) is 10.8. The molecule has 0 saturated carbocycles. The quantitative estimate of drug-likeness (QED) is 0.561. The fourth-order valence-corrected chi connectivity index (χ4v) is 3.74. The number of benzene rings is 1. The predicted molar refractivity (Wildman–Crippen MR) is 139 cm³/mol. The van der Waals surface area contributed by atoms with Crippen LogP contribution >= 0.6 is 0 Å². The van der Waals surface area contributed by atoms with Crippen molar-refractivity contribution in [2.75, 3.05) is 32.2 Å². The van der Waals surface area contributed by atoms with Gasteiger partial charge >= 0.3 is 0 Å². The normalized spacial score (nSPS) is 13.7. The maximum absolute atomic E-state index is 12.9. The molecule has 0 saturated heterocycles. The molecule has 182 valence electrons. The third-order valence-corrected chi connectivity index (χ3v) is 5.49. The van der Waals surface area contributed by atoms with Gasteiger partial charge in [-0.25, -0.2) is 9.99 Å². The molecule has 9 nitrogen and oxygen atoms in total. The molecule has 1 aromatic carbocycles. The lowest BCUT2D eigenvalue weighted by Crippen LogP contribution is -2.29. The van der Waals surface area contributed by atoms with E-state index in [1.54, 1.807) is 32.6 Å². The van der Waals surface area contributed by atoms with Gasteiger partial charge < -0.3 is 20.9 Å². The first-order valence-corrected chi connectivity index (χ1v) is 11.0. The molecule has 1 aromatic heterocycles. The molecule has 0 bridgehead atoms. The molecule has 1 aliphatic heterocycles. The Morgan fingerprint density at radius 2 is 1.97 bits per heavy atom. The Hall–Kier alpha value is -4.40. The van der Waals surface area contributed by atoms with E-state index in [0.717, 1.165) is 22.3 Å². The fourth-order valence-electron chi connectivity index (χ4n) is 3.74. The zero-order valence-corrected chi connectivity index (χ0v) is 20.4. The maximum Gasteiger partial charge on any atom is 0.267 e. The number of methoxy groups -OCH3 is 2. The number of hydrogen-bond acceptors (Lipinski definition) is 8. The minimum atomic E-state index is -0.279. The maximum atomic E-state index is 12.9. The highest BCUT2D eigenvalue weighted by atomic mass is 16.5. The van der Waals surface area contributed by atoms with Gasteiger partial charge in [0.2, 0.25) is 5.95 Å². The van der Waals surface area contributed by atoms with Gasteiger partial charge in [-0.15, -0.1) is 0 Å². The zero-order valence-electron chi connectivity index (χ0n) is 20.4. The van der Waals surface area contributed by atoms with Crippen LogP contribution in [0.3, 0.4) is 0 Å². The van der Waals surface area contributed by atoms with Crippen LogP contribution in [0.25, 0.3) is 6.08 Å². The number of nitrogen functional groups attached to an aromatic ring is 2. The van der Waals surface area contributed by atoms with E-state index in [1.165, 1.54) is 11.1 Å². The first-order chi connectivity index (χ1) is 16.8. The Balaban J connectivity index is 1.91. The molecule has 1 aliphatic rings. The Bertz CT molecular complexity index is 1240. The molecule has 0 aliphatic carbocycles. The summed E-state index contributed by atoms with van der Waals surface area (Å²) in [7, 11) is 3.10. The monoisotopic (exact) mass is 474 g/mol. The van der Waals surface area contributed by atoms with E-state index in [0.29, 0.717) is 41.5 Å². The van der Waals surface area contributed by atoms with Crippen molar-refractivity contribution in [2.24, 2.45) is 5.10 Å². The predicted octanol–water partition coefficient (Wildman–Crippen LogP) is 3.46. The molecule has 2 aromatic rings. The minimum absolute atomic E-state index is 0.130. The van der Waals surface area contributed by atoms with E-state index in [2.05, 4.69) is 21.6 Å². The van der Waals surface area contributed by atoms with E-state index in [-0.39, 0.29) is 11.9 Å². The summed E-state index contributed by atoms with van der Waals surface area (Å²) in [6, 6.07) is 3.76. The summed E-state index contributed by atoms with van der Waals surface area (Å²) in [4.78, 5) is 21.2. The molecule has 9 heteroatoms. The van der Waals surface area contributed by atoms with Crippen LogP contribution in [-0.2, 0) is 11.2 Å². The number of nitrogens with two attached hydrogens (primary N) is 2. The average Bonchev–Trinajstić information content (AvgIpc) is 2.84. The summed E-state index contributed by atoms with van der Waals surface area (Å²) < 4.78 is 11.1. The van der Waals surface area contributed by atoms with Crippen molar-refractivity contribution in [2.45, 2.75) is 20.3 Å². The molecule has 3 rings (SSSR count). The van der Waals surface area contributed by atoms with Crippen molar-refractivity contribution in [1.82, 2.24) is 15.0 Å². The number of anilines is 2. The number of allylic oxidation sites excluding steroid dienone is 3. The Kier molecular flexibility index (Phi) is 8.04. The van der Waals surface area contributed by atoms with Gasteiger partial charge in [0.05, 0.1) is 27.0 Å². The number of carbonyl (C=O) groups excluding carboxylic acids is 1. The van der Waals surface area contributed by atoms with E-state index >= 15 is 0 Å². The lowest BCUT2D eigenvalue weighted by molar-refractivity contribution is -0.125. The summed E-state index contributed by atoms with van der Waals surface area (Å²) >= 11 is 0. The van der Waals surface area contributed by atoms with Gasteiger partial charge in [0.15, 0.2) is 11.5 Å². The number of hydrazone groups is 1. The van der Waals surface area contributed by atoms with Gasteiger partial charge in [0.25, 0.3) is 5.91 Å². The molecular weight excluding hydrogens is 444 g/mol. The van der Waals surface area contributed by atoms with Gasteiger partial charge in [-0.1, -0.05) is 24.8 Å². The second kappa shape index (κ2) is 11.1. The van der Waals surface area contributed by atoms with Crippen LogP contribution in [0.5, 0.6) is 11.5 Å². The number of amides is 1. The molecule has 35 heavy (non-hydrogen) atoms. The smallest absolute Gasteiger partial charge is 0.267 e. The Morgan fingerprint density at radius 1 is 1.20 bits per heavy atom. The first-order valence-electron chi connectivity index (χ1n) is 11.0. The SMILES string of the molecule is C=CC1=C(C=CC)C=NN(C(=O)C=Cc2cc(Cc3c(C)nc(N)nc3N)cc(OC)c2OC)C1. The highest BCUT2D eigenvalue weighted by Crippen LogP contribution is 2.35. The van der Waals surface area contributed by atoms with Crippen molar-refractivity contribution in [3.8, 4) is 11.5 Å². The number of nitrogens with zero attached hydrogens (tertiary/aromatic N) is 4. The van der Waals surface area contributed by atoms with Crippen LogP contribution < -0.4 is 20.9 Å². The number of carbonyl (C=O) groups is 1. The number of ether oxygens (including phenoxy) is 2. The van der Waals surface area contributed by atoms with Gasteiger partial charge in [-0.05, 0) is 48.8 Å². The number of aryl methyl sites for hydroxylation is 1. The molecule has 0 radical (unpaired) electrons. The standard InChI is InChI=1S/C26H30N6O3/c1-6-8-20-14-29-32(15-18(20)7-2)23(33)10-9-19-11-17(13-22(34-4)24(19)35-5)12-21-16(3)30-26(28)31-25(21)27/h6-11,13-14H,2,12,15H2,1,3-5H3,(H4,27,28,30,31). The molecule has 4 N–H and O–H groups in total. The summed E-state index contributed by atoms with van der Waals surface area (Å²) in [5, 5.41) is 5.65. The van der Waals surface area contributed by atoms with E-state index < -0.39 is 0 Å². The van der Waals surface area contributed by atoms with Crippen LogP contribution in [0, 0.1) is 6.92 Å². The fraction of sp³-hybridized carbons (Fsp3) is 0.231. The number of hydrogen-bond donors (Lipinski definition) is 2. The van der Waals surface area contributed by atoms with E-state index in [9.17, 15) is 4.79 Å². The zero-order chi connectivity index (χ0) is 25.5. The minimum Gasteiger partial charge on any atom is -0.493 e. The van der Waals surface area contributed by atoms with E-state index in [1.807, 2.05) is 38.1 Å². The van der Waals surface area contributed by atoms with Crippen LogP contribution in [0.1, 0.15) is 29.3 Å². The number of aromatic nitrogens is 2. The van der Waals surface area contributed by atoms with Crippen molar-refractivity contribution in [3.63, 3.8) is 0 Å².